The Balaban J connectivity index is 1.36. The van der Waals surface area contributed by atoms with Crippen LogP contribution in [0.4, 0.5) is 17.1 Å². The van der Waals surface area contributed by atoms with E-state index >= 15 is 0 Å². The summed E-state index contributed by atoms with van der Waals surface area (Å²) in [6, 6.07) is 55.6. The summed E-state index contributed by atoms with van der Waals surface area (Å²) in [6.07, 6.45) is 2.70. The molecule has 10 rings (SSSR count). The number of hydrogen-bond donors (Lipinski definition) is 0. The fraction of sp³-hybridized carbons (Fsp3) is 0.0952. The van der Waals surface area contributed by atoms with Crippen molar-refractivity contribution in [2.24, 2.45) is 0 Å². The molecule has 1 fully saturated rings. The molecule has 2 aliphatic rings. The van der Waals surface area contributed by atoms with Gasteiger partial charge < -0.3 is 4.90 Å². The minimum absolute atomic E-state index is 1.24. The maximum Gasteiger partial charge on any atom is 0.123 e. The van der Waals surface area contributed by atoms with Crippen molar-refractivity contribution in [2.45, 2.75) is 24.9 Å². The summed E-state index contributed by atoms with van der Waals surface area (Å²) in [4.78, 5) is 2.57. The highest BCUT2D eigenvalue weighted by Crippen LogP contribution is 2.47. The molecule has 0 atom stereocenters. The molecule has 0 radical (unpaired) electrons. The van der Waals surface area contributed by atoms with Crippen molar-refractivity contribution < 1.29 is 0 Å². The second kappa shape index (κ2) is 9.04. The molecule has 8 aromatic rings. The molecule has 0 N–H and O–H groups in total. The Hall–Kier alpha value is -4.92. The zero-order valence-corrected chi connectivity index (χ0v) is 25.6. The molecule has 44 heavy (non-hydrogen) atoms. The van der Waals surface area contributed by atoms with E-state index in [0.717, 1.165) is 0 Å². The molecule has 2 aliphatic heterocycles. The maximum atomic E-state index is 2.57. The van der Waals surface area contributed by atoms with Crippen molar-refractivity contribution in [3.63, 3.8) is 0 Å². The number of para-hydroxylation sites is 2. The van der Waals surface area contributed by atoms with Crippen molar-refractivity contribution >= 4 is 89.4 Å². The van der Waals surface area contributed by atoms with E-state index in [9.17, 15) is 0 Å². The second-order valence-electron chi connectivity index (χ2n) is 12.8. The van der Waals surface area contributed by atoms with E-state index < -0.39 is 8.07 Å². The SMILES string of the molecule is c1ccc2c(c1)N(c1ccc3c4ccccc4c4c5ccccc5c5ccccc5c4c3c1)c1ccccc1[Si]21CCCC1. The summed E-state index contributed by atoms with van der Waals surface area (Å²) in [5.74, 6) is 0. The molecule has 1 nitrogen and oxygen atoms in total. The van der Waals surface area contributed by atoms with Gasteiger partial charge in [-0.15, -0.1) is 0 Å². The van der Waals surface area contributed by atoms with E-state index in [1.54, 1.807) is 10.4 Å². The van der Waals surface area contributed by atoms with E-state index in [-0.39, 0.29) is 0 Å². The minimum atomic E-state index is -1.78. The molecular weight excluding hydrogens is 547 g/mol. The summed E-state index contributed by atoms with van der Waals surface area (Å²) in [5.41, 5.74) is 4.02. The summed E-state index contributed by atoms with van der Waals surface area (Å²) in [5, 5.41) is 16.5. The third-order valence-corrected chi connectivity index (χ3v) is 16.1. The molecule has 1 spiro atoms. The maximum absolute atomic E-state index is 2.57. The van der Waals surface area contributed by atoms with Crippen molar-refractivity contribution in [3.05, 3.63) is 140 Å². The summed E-state index contributed by atoms with van der Waals surface area (Å²) < 4.78 is 0. The molecule has 208 valence electrons. The second-order valence-corrected chi connectivity index (χ2v) is 17.0. The molecule has 2 heterocycles. The highest BCUT2D eigenvalue weighted by atomic mass is 28.3. The average Bonchev–Trinajstić information content (AvgIpc) is 3.59. The third-order valence-electron chi connectivity index (χ3n) is 10.7. The molecule has 0 aromatic heterocycles. The Morgan fingerprint density at radius 1 is 0.386 bits per heavy atom. The average molecular weight is 578 g/mol. The molecule has 0 aliphatic carbocycles. The first kappa shape index (κ1) is 24.5. The lowest BCUT2D eigenvalue weighted by molar-refractivity contribution is 0.935. The standard InChI is InChI=1S/C42H31NSi/c1-4-16-33-29(13-1)30-14-2-6-18-35(30)42-36-27-28(23-24-32(36)31-15-3-5-17-34(31)41(33)42)43-37-19-7-9-21-39(37)44(25-11-12-26-44)40-22-10-8-20-38(40)43/h1-10,13-24,27H,11-12,25-26H2. The smallest absolute Gasteiger partial charge is 0.123 e. The van der Waals surface area contributed by atoms with Gasteiger partial charge in [0.2, 0.25) is 0 Å². The quantitative estimate of drug-likeness (QED) is 0.139. The zero-order valence-electron chi connectivity index (χ0n) is 24.6. The van der Waals surface area contributed by atoms with Gasteiger partial charge in [-0.1, -0.05) is 128 Å². The molecule has 0 unspecified atom stereocenters. The lowest BCUT2D eigenvalue weighted by atomic mass is 9.87. The van der Waals surface area contributed by atoms with Crippen LogP contribution >= 0.6 is 0 Å². The normalized spacial score (nSPS) is 15.5. The van der Waals surface area contributed by atoms with E-state index in [2.05, 4.69) is 144 Å². The van der Waals surface area contributed by atoms with Crippen LogP contribution in [0, 0.1) is 0 Å². The number of fused-ring (bicyclic) bond motifs is 15. The topological polar surface area (TPSA) is 3.24 Å². The molecule has 1 saturated heterocycles. The highest BCUT2D eigenvalue weighted by molar-refractivity contribution is 7.05. The lowest BCUT2D eigenvalue weighted by Gasteiger charge is -2.42. The molecular formula is C42H31NSi. The van der Waals surface area contributed by atoms with Gasteiger partial charge in [-0.05, 0) is 101 Å². The lowest BCUT2D eigenvalue weighted by Crippen LogP contribution is -2.60. The third kappa shape index (κ3) is 3.13. The number of nitrogens with zero attached hydrogens (tertiary/aromatic N) is 1. The van der Waals surface area contributed by atoms with Gasteiger partial charge in [0.1, 0.15) is 8.07 Å². The van der Waals surface area contributed by atoms with Gasteiger partial charge in [0.05, 0.1) is 0 Å². The Kier molecular flexibility index (Phi) is 5.04. The molecule has 2 heteroatoms. The Morgan fingerprint density at radius 2 is 0.795 bits per heavy atom. The van der Waals surface area contributed by atoms with Gasteiger partial charge in [0.15, 0.2) is 0 Å². The predicted molar refractivity (Wildman–Crippen MR) is 193 cm³/mol. The molecule has 0 amide bonds. The summed E-state index contributed by atoms with van der Waals surface area (Å²) in [6.45, 7) is 0. The molecule has 8 aromatic carbocycles. The van der Waals surface area contributed by atoms with Gasteiger partial charge in [-0.2, -0.15) is 0 Å². The fourth-order valence-corrected chi connectivity index (χ4v) is 14.5. The van der Waals surface area contributed by atoms with Gasteiger partial charge in [-0.3, -0.25) is 0 Å². The number of rotatable bonds is 1. The van der Waals surface area contributed by atoms with Crippen LogP contribution in [0.25, 0.3) is 53.9 Å². The van der Waals surface area contributed by atoms with Crippen LogP contribution in [-0.4, -0.2) is 8.07 Å². The van der Waals surface area contributed by atoms with Crippen LogP contribution in [0.15, 0.2) is 140 Å². The van der Waals surface area contributed by atoms with E-state index in [4.69, 9.17) is 0 Å². The first-order valence-electron chi connectivity index (χ1n) is 16.0. The van der Waals surface area contributed by atoms with Gasteiger partial charge in [0.25, 0.3) is 0 Å². The van der Waals surface area contributed by atoms with Crippen LogP contribution in [0.1, 0.15) is 12.8 Å². The van der Waals surface area contributed by atoms with E-state index in [0.29, 0.717) is 0 Å². The molecule has 0 saturated carbocycles. The number of anilines is 3. The van der Waals surface area contributed by atoms with Gasteiger partial charge in [-0.25, -0.2) is 0 Å². The van der Waals surface area contributed by atoms with Crippen LogP contribution in [-0.2, 0) is 0 Å². The van der Waals surface area contributed by atoms with Crippen molar-refractivity contribution in [2.75, 3.05) is 4.90 Å². The Morgan fingerprint density at radius 3 is 1.32 bits per heavy atom. The van der Waals surface area contributed by atoms with Crippen LogP contribution in [0.3, 0.4) is 0 Å². The molecule has 0 bridgehead atoms. The van der Waals surface area contributed by atoms with Crippen LogP contribution in [0.2, 0.25) is 12.1 Å². The zero-order chi connectivity index (χ0) is 28.8. The van der Waals surface area contributed by atoms with E-state index in [1.165, 1.54) is 95.9 Å². The highest BCUT2D eigenvalue weighted by Gasteiger charge is 2.47. The van der Waals surface area contributed by atoms with Crippen molar-refractivity contribution in [1.82, 2.24) is 0 Å². The largest absolute Gasteiger partial charge is 0.311 e. The van der Waals surface area contributed by atoms with Crippen LogP contribution < -0.4 is 15.3 Å². The van der Waals surface area contributed by atoms with E-state index in [1.807, 2.05) is 0 Å². The van der Waals surface area contributed by atoms with Gasteiger partial charge in [0, 0.05) is 17.1 Å². The minimum Gasteiger partial charge on any atom is -0.311 e. The van der Waals surface area contributed by atoms with Crippen LogP contribution in [0.5, 0.6) is 0 Å². The Labute approximate surface area is 258 Å². The summed E-state index contributed by atoms with van der Waals surface area (Å²) in [7, 11) is -1.78. The fourth-order valence-electron chi connectivity index (χ4n) is 8.97. The van der Waals surface area contributed by atoms with Crippen molar-refractivity contribution in [3.8, 4) is 0 Å². The first-order chi connectivity index (χ1) is 21.8. The van der Waals surface area contributed by atoms with Crippen molar-refractivity contribution in [1.29, 1.82) is 0 Å². The monoisotopic (exact) mass is 577 g/mol. The first-order valence-corrected chi connectivity index (χ1v) is 18.4. The predicted octanol–water partition coefficient (Wildman–Crippen LogP) is 10.6. The number of benzene rings is 8. The summed E-state index contributed by atoms with van der Waals surface area (Å²) >= 11 is 0. The number of hydrogen-bond acceptors (Lipinski definition) is 1. The Bertz CT molecular complexity index is 2400. The van der Waals surface area contributed by atoms with Gasteiger partial charge >= 0.3 is 0 Å².